The van der Waals surface area contributed by atoms with Gasteiger partial charge in [0.05, 0.1) is 18.3 Å². The number of β-amino-alcohol motifs (C(OH)–C–C–N with tert-alkyl or cyclic N) is 1. The number of hydrogen-bond donors (Lipinski definition) is 2. The minimum atomic E-state index is -0.224. The van der Waals surface area contributed by atoms with Crippen LogP contribution in [0.1, 0.15) is 6.92 Å². The number of carbonyl (C=O) groups is 1. The average molecular weight is 313 g/mol. The van der Waals surface area contributed by atoms with E-state index >= 15 is 0 Å². The normalized spacial score (nSPS) is 18.4. The second-order valence-electron chi connectivity index (χ2n) is 5.11. The maximum absolute atomic E-state index is 12.3. The molecule has 7 heteroatoms. The highest BCUT2D eigenvalue weighted by Gasteiger charge is 2.25. The molecule has 2 heterocycles. The van der Waals surface area contributed by atoms with E-state index in [1.165, 1.54) is 0 Å². The first kappa shape index (κ1) is 16.2. The Morgan fingerprint density at radius 3 is 2.81 bits per heavy atom. The molecule has 0 aliphatic carbocycles. The molecule has 0 saturated carbocycles. The summed E-state index contributed by atoms with van der Waals surface area (Å²) in [7, 11) is 0. The molecule has 6 nitrogen and oxygen atoms in total. The second kappa shape index (κ2) is 7.70. The monoisotopic (exact) mass is 312 g/mol. The van der Waals surface area contributed by atoms with E-state index in [9.17, 15) is 4.79 Å². The number of rotatable bonds is 5. The van der Waals surface area contributed by atoms with Gasteiger partial charge in [-0.2, -0.15) is 0 Å². The van der Waals surface area contributed by atoms with Crippen molar-refractivity contribution in [2.75, 3.05) is 44.6 Å². The lowest BCUT2D eigenvalue weighted by Crippen LogP contribution is -2.53. The number of piperazine rings is 1. The topological polar surface area (TPSA) is 68.7 Å². The Hall–Kier alpha value is -1.21. The van der Waals surface area contributed by atoms with Gasteiger partial charge in [0, 0.05) is 38.9 Å². The zero-order valence-electron chi connectivity index (χ0n) is 12.1. The summed E-state index contributed by atoms with van der Waals surface area (Å²) in [6.45, 7) is 6.12. The highest BCUT2D eigenvalue weighted by atomic mass is 35.5. The number of halogens is 1. The fourth-order valence-corrected chi connectivity index (χ4v) is 2.56. The van der Waals surface area contributed by atoms with Crippen LogP contribution in [0.25, 0.3) is 0 Å². The van der Waals surface area contributed by atoms with Crippen LogP contribution in [-0.2, 0) is 4.79 Å². The van der Waals surface area contributed by atoms with Crippen LogP contribution in [0.3, 0.4) is 0 Å². The minimum Gasteiger partial charge on any atom is -0.395 e. The van der Waals surface area contributed by atoms with E-state index in [4.69, 9.17) is 16.7 Å². The van der Waals surface area contributed by atoms with Crippen LogP contribution in [0.4, 0.5) is 5.69 Å². The lowest BCUT2D eigenvalue weighted by Gasteiger charge is -2.37. The second-order valence-corrected chi connectivity index (χ2v) is 5.47. The minimum absolute atomic E-state index is 0.0829. The molecular formula is C14H21ClN4O2. The van der Waals surface area contributed by atoms with Crippen molar-refractivity contribution in [2.24, 2.45) is 0 Å². The number of amides is 1. The van der Waals surface area contributed by atoms with Gasteiger partial charge in [0.15, 0.2) is 5.15 Å². The zero-order valence-corrected chi connectivity index (χ0v) is 12.9. The Labute approximate surface area is 129 Å². The van der Waals surface area contributed by atoms with E-state index in [0.29, 0.717) is 17.4 Å². The van der Waals surface area contributed by atoms with E-state index in [-0.39, 0.29) is 18.6 Å². The first-order valence-electron chi connectivity index (χ1n) is 7.10. The van der Waals surface area contributed by atoms with Crippen LogP contribution in [0.2, 0.25) is 5.15 Å². The fourth-order valence-electron chi connectivity index (χ4n) is 2.40. The maximum atomic E-state index is 12.3. The Morgan fingerprint density at radius 1 is 1.48 bits per heavy atom. The first-order valence-corrected chi connectivity index (χ1v) is 7.48. The van der Waals surface area contributed by atoms with E-state index < -0.39 is 0 Å². The molecule has 1 saturated heterocycles. The first-order chi connectivity index (χ1) is 10.1. The number of aromatic nitrogens is 1. The molecule has 1 amide bonds. The molecule has 1 aliphatic heterocycles. The average Bonchev–Trinajstić information content (AvgIpc) is 2.50. The standard InChI is InChI=1S/C14H21ClN4O2/c1-11(19-7-5-18(6-8-19)9-10-20)14(21)17-12-3-2-4-16-13(12)15/h2-4,11,20H,5-10H2,1H3,(H,17,21). The van der Waals surface area contributed by atoms with Crippen LogP contribution in [-0.4, -0.2) is 71.2 Å². The Morgan fingerprint density at radius 2 is 2.19 bits per heavy atom. The predicted molar refractivity (Wildman–Crippen MR) is 82.4 cm³/mol. The molecule has 1 aromatic heterocycles. The fraction of sp³-hybridized carbons (Fsp3) is 0.571. The smallest absolute Gasteiger partial charge is 0.241 e. The lowest BCUT2D eigenvalue weighted by atomic mass is 10.2. The van der Waals surface area contributed by atoms with Crippen molar-refractivity contribution in [1.29, 1.82) is 0 Å². The summed E-state index contributed by atoms with van der Waals surface area (Å²) in [5.74, 6) is -0.0829. The number of aliphatic hydroxyl groups is 1. The Kier molecular flexibility index (Phi) is 5.93. The van der Waals surface area contributed by atoms with E-state index in [1.807, 2.05) is 6.92 Å². The van der Waals surface area contributed by atoms with Crippen LogP contribution in [0.5, 0.6) is 0 Å². The highest BCUT2D eigenvalue weighted by molar-refractivity contribution is 6.32. The van der Waals surface area contributed by atoms with Gasteiger partial charge in [0.2, 0.25) is 5.91 Å². The summed E-state index contributed by atoms with van der Waals surface area (Å²) >= 11 is 5.94. The number of nitrogens with one attached hydrogen (secondary N) is 1. The quantitative estimate of drug-likeness (QED) is 0.782. The molecule has 1 unspecified atom stereocenters. The van der Waals surface area contributed by atoms with Gasteiger partial charge in [-0.25, -0.2) is 4.98 Å². The van der Waals surface area contributed by atoms with Crippen molar-refractivity contribution in [3.63, 3.8) is 0 Å². The molecule has 0 aromatic carbocycles. The van der Waals surface area contributed by atoms with Crippen molar-refractivity contribution in [3.05, 3.63) is 23.5 Å². The van der Waals surface area contributed by atoms with Crippen molar-refractivity contribution in [3.8, 4) is 0 Å². The van der Waals surface area contributed by atoms with Gasteiger partial charge in [-0.1, -0.05) is 11.6 Å². The van der Waals surface area contributed by atoms with Crippen molar-refractivity contribution >= 4 is 23.2 Å². The molecule has 1 aromatic rings. The molecule has 1 atom stereocenters. The van der Waals surface area contributed by atoms with Gasteiger partial charge >= 0.3 is 0 Å². The predicted octanol–water partition coefficient (Wildman–Crippen LogP) is 0.672. The molecule has 21 heavy (non-hydrogen) atoms. The Balaban J connectivity index is 1.87. The SMILES string of the molecule is CC(C(=O)Nc1cccnc1Cl)N1CCN(CCO)CC1. The van der Waals surface area contributed by atoms with Crippen LogP contribution in [0.15, 0.2) is 18.3 Å². The largest absolute Gasteiger partial charge is 0.395 e. The van der Waals surface area contributed by atoms with E-state index in [1.54, 1.807) is 18.3 Å². The van der Waals surface area contributed by atoms with Crippen LogP contribution >= 0.6 is 11.6 Å². The number of hydrogen-bond acceptors (Lipinski definition) is 5. The van der Waals surface area contributed by atoms with E-state index in [2.05, 4.69) is 20.1 Å². The highest BCUT2D eigenvalue weighted by Crippen LogP contribution is 2.18. The van der Waals surface area contributed by atoms with Crippen LogP contribution < -0.4 is 5.32 Å². The molecule has 0 spiro atoms. The molecule has 0 bridgehead atoms. The van der Waals surface area contributed by atoms with Gasteiger partial charge < -0.3 is 10.4 Å². The lowest BCUT2D eigenvalue weighted by molar-refractivity contribution is -0.121. The third-order valence-electron chi connectivity index (χ3n) is 3.77. The molecule has 1 fully saturated rings. The number of nitrogens with zero attached hydrogens (tertiary/aromatic N) is 3. The molecule has 1 aliphatic rings. The summed E-state index contributed by atoms with van der Waals surface area (Å²) < 4.78 is 0. The van der Waals surface area contributed by atoms with Crippen molar-refractivity contribution < 1.29 is 9.90 Å². The Bertz CT molecular complexity index is 478. The van der Waals surface area contributed by atoms with Gasteiger partial charge in [-0.15, -0.1) is 0 Å². The number of carbonyl (C=O) groups excluding carboxylic acids is 1. The summed E-state index contributed by atoms with van der Waals surface area (Å²) in [5.41, 5.74) is 0.537. The molecule has 0 radical (unpaired) electrons. The maximum Gasteiger partial charge on any atom is 0.241 e. The number of pyridine rings is 1. The third-order valence-corrected chi connectivity index (χ3v) is 4.07. The summed E-state index contributed by atoms with van der Waals surface area (Å²) in [6, 6.07) is 3.25. The van der Waals surface area contributed by atoms with Crippen molar-refractivity contribution in [1.82, 2.24) is 14.8 Å². The van der Waals surface area contributed by atoms with Gasteiger partial charge in [-0.05, 0) is 19.1 Å². The summed E-state index contributed by atoms with van der Waals surface area (Å²) in [6.07, 6.45) is 1.59. The molecule has 2 rings (SSSR count). The van der Waals surface area contributed by atoms with Crippen molar-refractivity contribution in [2.45, 2.75) is 13.0 Å². The molecular weight excluding hydrogens is 292 g/mol. The summed E-state index contributed by atoms with van der Waals surface area (Å²) in [4.78, 5) is 20.5. The summed E-state index contributed by atoms with van der Waals surface area (Å²) in [5, 5.41) is 12.0. The van der Waals surface area contributed by atoms with Gasteiger partial charge in [0.1, 0.15) is 0 Å². The number of anilines is 1. The van der Waals surface area contributed by atoms with Crippen LogP contribution in [0, 0.1) is 0 Å². The number of aliphatic hydroxyl groups excluding tert-OH is 1. The van der Waals surface area contributed by atoms with Gasteiger partial charge in [0.25, 0.3) is 0 Å². The third kappa shape index (κ3) is 4.38. The van der Waals surface area contributed by atoms with E-state index in [0.717, 1.165) is 26.2 Å². The zero-order chi connectivity index (χ0) is 15.2. The molecule has 116 valence electrons. The van der Waals surface area contributed by atoms with Gasteiger partial charge in [-0.3, -0.25) is 14.6 Å². The molecule has 2 N–H and O–H groups in total.